The van der Waals surface area contributed by atoms with E-state index in [1.165, 1.54) is 25.2 Å². The Morgan fingerprint density at radius 1 is 1.14 bits per heavy atom. The van der Waals surface area contributed by atoms with Crippen LogP contribution in [0.4, 0.5) is 5.69 Å². The summed E-state index contributed by atoms with van der Waals surface area (Å²) < 4.78 is 31.9. The summed E-state index contributed by atoms with van der Waals surface area (Å²) in [4.78, 5) is 17.1. The highest BCUT2D eigenvalue weighted by Crippen LogP contribution is 2.28. The molecule has 28 heavy (non-hydrogen) atoms. The molecule has 0 aliphatic rings. The maximum Gasteiger partial charge on any atom is 0.257 e. The van der Waals surface area contributed by atoms with Gasteiger partial charge in [-0.1, -0.05) is 32.4 Å². The van der Waals surface area contributed by atoms with Gasteiger partial charge in [0.05, 0.1) is 15.5 Å². The van der Waals surface area contributed by atoms with Gasteiger partial charge in [-0.2, -0.15) is 0 Å². The summed E-state index contributed by atoms with van der Waals surface area (Å²) in [6, 6.07) is 9.03. The fourth-order valence-corrected chi connectivity index (χ4v) is 3.45. The highest BCUT2D eigenvalue weighted by atomic mass is 35.5. The van der Waals surface area contributed by atoms with Gasteiger partial charge >= 0.3 is 0 Å². The normalized spacial score (nSPS) is 12.3. The van der Waals surface area contributed by atoms with Gasteiger partial charge in [0.2, 0.25) is 15.9 Å². The number of benzene rings is 2. The number of carbonyl (C=O) groups is 1. The molecule has 0 spiro atoms. The molecule has 0 bridgehead atoms. The van der Waals surface area contributed by atoms with Gasteiger partial charge in [-0.25, -0.2) is 18.1 Å². The molecule has 0 aliphatic carbocycles. The summed E-state index contributed by atoms with van der Waals surface area (Å²) in [5.41, 5.74) is 1.52. The Morgan fingerprint density at radius 2 is 1.86 bits per heavy atom. The number of nitrogens with zero attached hydrogens (tertiary/aromatic N) is 1. The van der Waals surface area contributed by atoms with Crippen molar-refractivity contribution in [1.82, 2.24) is 9.71 Å². The second-order valence-corrected chi connectivity index (χ2v) is 9.55. The third-order valence-electron chi connectivity index (χ3n) is 4.05. The van der Waals surface area contributed by atoms with Crippen molar-refractivity contribution in [2.45, 2.75) is 31.1 Å². The number of amides is 1. The van der Waals surface area contributed by atoms with E-state index in [1.54, 1.807) is 18.2 Å². The molecule has 0 atom stereocenters. The maximum absolute atomic E-state index is 12.6. The van der Waals surface area contributed by atoms with E-state index in [2.05, 4.69) is 15.0 Å². The fraction of sp³-hybridized carbons (Fsp3) is 0.263. The third-order valence-corrected chi connectivity index (χ3v) is 5.79. The zero-order chi connectivity index (χ0) is 20.7. The molecule has 148 valence electrons. The van der Waals surface area contributed by atoms with Crippen LogP contribution in [-0.2, 0) is 15.4 Å². The summed E-state index contributed by atoms with van der Waals surface area (Å²) in [7, 11) is -2.40. The number of fused-ring (bicyclic) bond motifs is 1. The van der Waals surface area contributed by atoms with Crippen LogP contribution < -0.4 is 10.0 Å². The first-order valence-corrected chi connectivity index (χ1v) is 10.3. The molecule has 0 saturated heterocycles. The predicted octanol–water partition coefficient (Wildman–Crippen LogP) is 3.94. The highest BCUT2D eigenvalue weighted by Gasteiger charge is 2.21. The van der Waals surface area contributed by atoms with Gasteiger partial charge in [-0.15, -0.1) is 0 Å². The van der Waals surface area contributed by atoms with Gasteiger partial charge in [-0.3, -0.25) is 4.79 Å². The number of halogens is 1. The van der Waals surface area contributed by atoms with Gasteiger partial charge < -0.3 is 9.73 Å². The van der Waals surface area contributed by atoms with Gasteiger partial charge in [-0.05, 0) is 43.4 Å². The number of hydrogen-bond acceptors (Lipinski definition) is 5. The monoisotopic (exact) mass is 421 g/mol. The molecule has 1 amide bonds. The minimum Gasteiger partial charge on any atom is -0.440 e. The second kappa shape index (κ2) is 7.20. The van der Waals surface area contributed by atoms with Gasteiger partial charge in [0.25, 0.3) is 5.91 Å². The van der Waals surface area contributed by atoms with Crippen LogP contribution in [0, 0.1) is 0 Å². The molecule has 9 heteroatoms. The van der Waals surface area contributed by atoms with Crippen molar-refractivity contribution in [3.05, 3.63) is 52.9 Å². The molecule has 1 aromatic heterocycles. The van der Waals surface area contributed by atoms with Crippen molar-refractivity contribution < 1.29 is 17.6 Å². The second-order valence-electron chi connectivity index (χ2n) is 7.25. The lowest BCUT2D eigenvalue weighted by atomic mass is 9.97. The number of rotatable bonds is 4. The number of sulfonamides is 1. The summed E-state index contributed by atoms with van der Waals surface area (Å²) in [6.07, 6.45) is 0. The van der Waals surface area contributed by atoms with E-state index in [9.17, 15) is 13.2 Å². The van der Waals surface area contributed by atoms with Crippen LogP contribution in [0.5, 0.6) is 0 Å². The lowest BCUT2D eigenvalue weighted by Gasteiger charge is -2.11. The predicted molar refractivity (Wildman–Crippen MR) is 108 cm³/mol. The first-order valence-electron chi connectivity index (χ1n) is 8.47. The molecule has 0 aliphatic heterocycles. The zero-order valence-electron chi connectivity index (χ0n) is 15.8. The third kappa shape index (κ3) is 4.04. The molecule has 3 rings (SSSR count). The molecule has 2 aromatic carbocycles. The topological polar surface area (TPSA) is 101 Å². The molecule has 3 aromatic rings. The number of hydrogen-bond donors (Lipinski definition) is 2. The van der Waals surface area contributed by atoms with E-state index in [0.29, 0.717) is 22.7 Å². The average molecular weight is 422 g/mol. The van der Waals surface area contributed by atoms with Crippen LogP contribution in [-0.4, -0.2) is 26.4 Å². The number of aromatic nitrogens is 1. The van der Waals surface area contributed by atoms with E-state index in [4.69, 9.17) is 16.0 Å². The van der Waals surface area contributed by atoms with Crippen LogP contribution >= 0.6 is 11.6 Å². The van der Waals surface area contributed by atoms with Crippen molar-refractivity contribution in [3.63, 3.8) is 0 Å². The highest BCUT2D eigenvalue weighted by molar-refractivity contribution is 7.89. The zero-order valence-corrected chi connectivity index (χ0v) is 17.4. The Hall–Kier alpha value is -2.42. The number of oxazole rings is 1. The largest absolute Gasteiger partial charge is 0.440 e. The van der Waals surface area contributed by atoms with E-state index in [1.807, 2.05) is 20.8 Å². The number of nitrogens with one attached hydrogen (secondary N) is 2. The lowest BCUT2D eigenvalue weighted by Crippen LogP contribution is -2.20. The molecular weight excluding hydrogens is 402 g/mol. The summed E-state index contributed by atoms with van der Waals surface area (Å²) >= 11 is 6.10. The maximum atomic E-state index is 12.6. The Morgan fingerprint density at radius 3 is 2.50 bits per heavy atom. The minimum atomic E-state index is -3.69. The Labute approximate surface area is 168 Å². The molecule has 0 radical (unpaired) electrons. The van der Waals surface area contributed by atoms with Crippen molar-refractivity contribution in [3.8, 4) is 0 Å². The van der Waals surface area contributed by atoms with Crippen LogP contribution in [0.2, 0.25) is 5.02 Å². The van der Waals surface area contributed by atoms with Crippen LogP contribution in [0.3, 0.4) is 0 Å². The van der Waals surface area contributed by atoms with Crippen molar-refractivity contribution in [2.24, 2.45) is 0 Å². The Kier molecular flexibility index (Phi) is 5.22. The summed E-state index contributed by atoms with van der Waals surface area (Å²) in [5, 5.41) is 2.86. The van der Waals surface area contributed by atoms with Crippen molar-refractivity contribution in [2.75, 3.05) is 12.4 Å². The van der Waals surface area contributed by atoms with Gasteiger partial charge in [0.15, 0.2) is 5.58 Å². The fourth-order valence-electron chi connectivity index (χ4n) is 2.49. The Bertz CT molecular complexity index is 1160. The minimum absolute atomic E-state index is 0.0496. The molecular formula is C19H20ClN3O4S. The van der Waals surface area contributed by atoms with E-state index >= 15 is 0 Å². The van der Waals surface area contributed by atoms with Crippen molar-refractivity contribution >= 4 is 44.3 Å². The van der Waals surface area contributed by atoms with E-state index in [0.717, 1.165) is 0 Å². The van der Waals surface area contributed by atoms with Crippen LogP contribution in [0.1, 0.15) is 37.0 Å². The summed E-state index contributed by atoms with van der Waals surface area (Å²) in [6.45, 7) is 5.98. The van der Waals surface area contributed by atoms with Gasteiger partial charge in [0, 0.05) is 11.1 Å². The van der Waals surface area contributed by atoms with Crippen molar-refractivity contribution in [1.29, 1.82) is 0 Å². The lowest BCUT2D eigenvalue weighted by molar-refractivity contribution is 0.102. The van der Waals surface area contributed by atoms with Crippen LogP contribution in [0.15, 0.2) is 45.7 Å². The molecule has 7 nitrogen and oxygen atoms in total. The van der Waals surface area contributed by atoms with Gasteiger partial charge in [0.1, 0.15) is 5.52 Å². The molecule has 0 unspecified atom stereocenters. The first-order chi connectivity index (χ1) is 13.0. The van der Waals surface area contributed by atoms with E-state index in [-0.39, 0.29) is 20.9 Å². The number of carbonyl (C=O) groups excluding carboxylic acids is 1. The Balaban J connectivity index is 1.92. The number of anilines is 1. The summed E-state index contributed by atoms with van der Waals surface area (Å²) in [5.74, 6) is 0.0658. The van der Waals surface area contributed by atoms with Crippen LogP contribution in [0.25, 0.3) is 11.1 Å². The molecule has 0 saturated carbocycles. The average Bonchev–Trinajstić information content (AvgIpc) is 3.05. The molecule has 1 heterocycles. The smallest absolute Gasteiger partial charge is 0.257 e. The van der Waals surface area contributed by atoms with E-state index < -0.39 is 15.9 Å². The quantitative estimate of drug-likeness (QED) is 0.664. The molecule has 2 N–H and O–H groups in total. The first kappa shape index (κ1) is 20.3. The standard InChI is InChI=1S/C19H20ClN3O4S/c1-19(2,3)18-23-15-9-11(5-8-16(15)27-18)22-17(24)13-10-12(6-7-14(13)20)28(25,26)21-4/h5-10,21H,1-4H3,(H,22,24). The SMILES string of the molecule is CNS(=O)(=O)c1ccc(Cl)c(C(=O)Nc2ccc3oc(C(C)(C)C)nc3c2)c1. The molecule has 0 fully saturated rings.